The molecule has 1 aliphatic carbocycles. The summed E-state index contributed by atoms with van der Waals surface area (Å²) in [6.45, 7) is 2.53. The van der Waals surface area contributed by atoms with Crippen LogP contribution in [-0.2, 0) is 6.54 Å². The van der Waals surface area contributed by atoms with Gasteiger partial charge in [-0.05, 0) is 26.8 Å². The quantitative estimate of drug-likeness (QED) is 0.642. The van der Waals surface area contributed by atoms with Gasteiger partial charge in [-0.15, -0.1) is 0 Å². The number of H-pyrrole nitrogens is 1. The van der Waals surface area contributed by atoms with E-state index in [1.807, 2.05) is 20.0 Å². The summed E-state index contributed by atoms with van der Waals surface area (Å²) in [7, 11) is 2.00. The van der Waals surface area contributed by atoms with Crippen molar-refractivity contribution in [1.82, 2.24) is 14.9 Å². The zero-order valence-electron chi connectivity index (χ0n) is 14.6. The molecule has 0 amide bonds. The highest BCUT2D eigenvalue weighted by molar-refractivity contribution is 5.64. The molecule has 25 heavy (non-hydrogen) atoms. The van der Waals surface area contributed by atoms with Crippen LogP contribution < -0.4 is 0 Å². The molecule has 1 fully saturated rings. The highest BCUT2D eigenvalue weighted by Gasteiger charge is 2.27. The molecule has 2 N–H and O–H groups in total. The van der Waals surface area contributed by atoms with Gasteiger partial charge in [0, 0.05) is 29.4 Å². The lowest BCUT2D eigenvalue weighted by Crippen LogP contribution is -2.43. The second-order valence-electron chi connectivity index (χ2n) is 6.80. The molecule has 7 nitrogen and oxygen atoms in total. The smallest absolute Gasteiger partial charge is 0.270 e. The van der Waals surface area contributed by atoms with E-state index in [4.69, 9.17) is 0 Å². The van der Waals surface area contributed by atoms with Crippen molar-refractivity contribution in [3.63, 3.8) is 0 Å². The molecule has 0 saturated heterocycles. The van der Waals surface area contributed by atoms with Gasteiger partial charge < -0.3 is 10.1 Å². The van der Waals surface area contributed by atoms with Crippen molar-refractivity contribution in [2.75, 3.05) is 7.05 Å². The molecule has 0 unspecified atom stereocenters. The summed E-state index contributed by atoms with van der Waals surface area (Å²) in [5, 5.41) is 21.2. The lowest BCUT2D eigenvalue weighted by Gasteiger charge is -2.34. The fourth-order valence-electron chi connectivity index (χ4n) is 3.60. The Balaban J connectivity index is 1.78. The molecule has 2 atom stereocenters. The van der Waals surface area contributed by atoms with E-state index in [0.717, 1.165) is 48.5 Å². The van der Waals surface area contributed by atoms with E-state index < -0.39 is 4.92 Å². The summed E-state index contributed by atoms with van der Waals surface area (Å²) in [6, 6.07) is 6.67. The Labute approximate surface area is 146 Å². The van der Waals surface area contributed by atoms with Crippen molar-refractivity contribution in [2.45, 2.75) is 51.3 Å². The second kappa shape index (κ2) is 7.33. The Morgan fingerprint density at radius 3 is 2.88 bits per heavy atom. The normalized spacial score (nSPS) is 20.8. The molecule has 1 aromatic carbocycles. The van der Waals surface area contributed by atoms with Gasteiger partial charge in [-0.1, -0.05) is 25.0 Å². The summed E-state index contributed by atoms with van der Waals surface area (Å²) < 4.78 is 0. The highest BCUT2D eigenvalue weighted by atomic mass is 16.6. The average molecular weight is 344 g/mol. The van der Waals surface area contributed by atoms with Crippen molar-refractivity contribution in [1.29, 1.82) is 0 Å². The average Bonchev–Trinajstić information content (AvgIpc) is 2.95. The minimum atomic E-state index is -0.398. The number of non-ortho nitro benzene ring substituents is 1. The van der Waals surface area contributed by atoms with Crippen LogP contribution in [0.25, 0.3) is 11.3 Å². The van der Waals surface area contributed by atoms with Gasteiger partial charge in [0.2, 0.25) is 0 Å². The molecule has 134 valence electrons. The van der Waals surface area contributed by atoms with Crippen molar-refractivity contribution in [3.05, 3.63) is 45.9 Å². The number of hydrogen-bond acceptors (Lipinski definition) is 5. The number of aryl methyl sites for hydroxylation is 1. The van der Waals surface area contributed by atoms with Gasteiger partial charge in [0.15, 0.2) is 0 Å². The van der Waals surface area contributed by atoms with Crippen LogP contribution in [0.4, 0.5) is 5.69 Å². The zero-order chi connectivity index (χ0) is 18.0. The SMILES string of the molecule is Cc1[nH]c(CN(C)[C@@H]2CCCC[C@H]2O)nc1-c1cccc([N+](=O)[O-])c1. The summed E-state index contributed by atoms with van der Waals surface area (Å²) in [5.41, 5.74) is 2.41. The molecule has 0 spiro atoms. The number of likely N-dealkylation sites (N-methyl/N-ethyl adjacent to an activating group) is 1. The minimum Gasteiger partial charge on any atom is -0.391 e. The van der Waals surface area contributed by atoms with Gasteiger partial charge in [-0.25, -0.2) is 4.98 Å². The topological polar surface area (TPSA) is 95.3 Å². The van der Waals surface area contributed by atoms with Gasteiger partial charge in [0.25, 0.3) is 5.69 Å². The second-order valence-corrected chi connectivity index (χ2v) is 6.80. The first-order chi connectivity index (χ1) is 12.0. The van der Waals surface area contributed by atoms with E-state index >= 15 is 0 Å². The first-order valence-corrected chi connectivity index (χ1v) is 8.64. The van der Waals surface area contributed by atoms with Crippen LogP contribution in [0.1, 0.15) is 37.2 Å². The summed E-state index contributed by atoms with van der Waals surface area (Å²) in [6.07, 6.45) is 3.79. The van der Waals surface area contributed by atoms with Gasteiger partial charge in [0.1, 0.15) is 5.82 Å². The number of imidazole rings is 1. The molecule has 1 heterocycles. The van der Waals surface area contributed by atoms with Crippen LogP contribution in [0.15, 0.2) is 24.3 Å². The van der Waals surface area contributed by atoms with Gasteiger partial charge in [-0.2, -0.15) is 0 Å². The number of aliphatic hydroxyl groups is 1. The number of nitro benzene ring substituents is 1. The molecular formula is C18H24N4O3. The van der Waals surface area contributed by atoms with Crippen LogP contribution >= 0.6 is 0 Å². The zero-order valence-corrected chi connectivity index (χ0v) is 14.6. The van der Waals surface area contributed by atoms with Gasteiger partial charge in [-0.3, -0.25) is 15.0 Å². The van der Waals surface area contributed by atoms with E-state index in [9.17, 15) is 15.2 Å². The first kappa shape index (κ1) is 17.6. The van der Waals surface area contributed by atoms with Crippen LogP contribution in [0.5, 0.6) is 0 Å². The Hall–Kier alpha value is -2.25. The largest absolute Gasteiger partial charge is 0.391 e. The monoisotopic (exact) mass is 344 g/mol. The Kier molecular flexibility index (Phi) is 5.15. The number of aromatic amines is 1. The molecule has 1 aromatic heterocycles. The summed E-state index contributed by atoms with van der Waals surface area (Å²) in [4.78, 5) is 20.6. The maximum atomic E-state index is 11.0. The van der Waals surface area contributed by atoms with Crippen LogP contribution in [0.2, 0.25) is 0 Å². The number of aliphatic hydroxyl groups excluding tert-OH is 1. The van der Waals surface area contributed by atoms with E-state index in [2.05, 4.69) is 14.9 Å². The molecule has 7 heteroatoms. The van der Waals surface area contributed by atoms with Gasteiger partial charge >= 0.3 is 0 Å². The maximum absolute atomic E-state index is 11.0. The fraction of sp³-hybridized carbons (Fsp3) is 0.500. The first-order valence-electron chi connectivity index (χ1n) is 8.64. The van der Waals surface area contributed by atoms with Gasteiger partial charge in [0.05, 0.1) is 23.3 Å². The van der Waals surface area contributed by atoms with E-state index in [1.165, 1.54) is 6.07 Å². The lowest BCUT2D eigenvalue weighted by molar-refractivity contribution is -0.384. The molecular weight excluding hydrogens is 320 g/mol. The van der Waals surface area contributed by atoms with Crippen LogP contribution in [0.3, 0.4) is 0 Å². The number of benzene rings is 1. The predicted molar refractivity (Wildman–Crippen MR) is 95.1 cm³/mol. The molecule has 0 radical (unpaired) electrons. The summed E-state index contributed by atoms with van der Waals surface area (Å²) in [5.74, 6) is 0.805. The minimum absolute atomic E-state index is 0.0592. The maximum Gasteiger partial charge on any atom is 0.270 e. The predicted octanol–water partition coefficient (Wildman–Crippen LogP) is 3.03. The van der Waals surface area contributed by atoms with Crippen molar-refractivity contribution < 1.29 is 10.0 Å². The number of nitrogens with one attached hydrogen (secondary N) is 1. The Morgan fingerprint density at radius 2 is 2.16 bits per heavy atom. The van der Waals surface area contributed by atoms with E-state index in [-0.39, 0.29) is 17.8 Å². The van der Waals surface area contributed by atoms with Crippen molar-refractivity contribution in [3.8, 4) is 11.3 Å². The van der Waals surface area contributed by atoms with E-state index in [0.29, 0.717) is 6.54 Å². The number of nitro groups is 1. The molecule has 0 bridgehead atoms. The molecule has 0 aliphatic heterocycles. The Bertz CT molecular complexity index is 759. The fourth-order valence-corrected chi connectivity index (χ4v) is 3.60. The molecule has 1 saturated carbocycles. The number of rotatable bonds is 5. The number of aromatic nitrogens is 2. The molecule has 1 aliphatic rings. The lowest BCUT2D eigenvalue weighted by atomic mass is 9.91. The third-order valence-electron chi connectivity index (χ3n) is 4.92. The summed E-state index contributed by atoms with van der Waals surface area (Å²) >= 11 is 0. The standard InChI is InChI=1S/C18H24N4O3/c1-12-18(13-6-5-7-14(10-13)22(24)25)20-17(19-12)11-21(2)15-8-3-4-9-16(15)23/h5-7,10,15-16,23H,3-4,8-9,11H2,1-2H3,(H,19,20)/t15-,16-/m1/s1. The molecule has 2 aromatic rings. The van der Waals surface area contributed by atoms with Crippen molar-refractivity contribution >= 4 is 5.69 Å². The third-order valence-corrected chi connectivity index (χ3v) is 4.92. The van der Waals surface area contributed by atoms with Crippen LogP contribution in [0, 0.1) is 17.0 Å². The number of hydrogen-bond donors (Lipinski definition) is 2. The highest BCUT2D eigenvalue weighted by Crippen LogP contribution is 2.27. The van der Waals surface area contributed by atoms with Crippen LogP contribution in [-0.4, -0.2) is 44.1 Å². The number of nitrogens with zero attached hydrogens (tertiary/aromatic N) is 3. The van der Waals surface area contributed by atoms with E-state index in [1.54, 1.807) is 12.1 Å². The third kappa shape index (κ3) is 3.88. The van der Waals surface area contributed by atoms with Crippen molar-refractivity contribution in [2.24, 2.45) is 0 Å². The molecule has 3 rings (SSSR count). The Morgan fingerprint density at radius 1 is 1.40 bits per heavy atom.